The number of ether oxygens (including phenoxy) is 2. The maximum Gasteiger partial charge on any atom is 0.323 e. The minimum Gasteiger partial charge on any atom is -0.497 e. The van der Waals surface area contributed by atoms with E-state index in [2.05, 4.69) is 10.6 Å². The minimum absolute atomic E-state index is 0.0590. The molecule has 11 nitrogen and oxygen atoms in total. The van der Waals surface area contributed by atoms with Crippen LogP contribution >= 0.6 is 0 Å². The number of fused-ring (bicyclic) bond motifs is 1. The van der Waals surface area contributed by atoms with E-state index in [1.54, 1.807) is 37.3 Å². The average Bonchev–Trinajstić information content (AvgIpc) is 2.99. The Hall–Kier alpha value is -4.20. The Balaban J connectivity index is 1.67. The Morgan fingerprint density at radius 2 is 1.81 bits per heavy atom. The highest BCUT2D eigenvalue weighted by Gasteiger charge is 2.36. The first kappa shape index (κ1) is 31.7. The molecular formula is C30H35FN4O7S. The summed E-state index contributed by atoms with van der Waals surface area (Å²) in [5, 5.41) is 15.2. The van der Waals surface area contributed by atoms with Gasteiger partial charge in [-0.15, -0.1) is 0 Å². The third kappa shape index (κ3) is 7.24. The molecule has 0 fully saturated rings. The van der Waals surface area contributed by atoms with Gasteiger partial charge in [-0.1, -0.05) is 13.0 Å². The molecule has 1 aliphatic heterocycles. The van der Waals surface area contributed by atoms with Crippen LogP contribution in [0.15, 0.2) is 71.6 Å². The van der Waals surface area contributed by atoms with E-state index in [-0.39, 0.29) is 47.5 Å². The number of para-hydroxylation sites is 1. The number of nitrogens with zero attached hydrogens (tertiary/aromatic N) is 2. The molecule has 3 amide bonds. The lowest BCUT2D eigenvalue weighted by molar-refractivity contribution is 0.0389. The van der Waals surface area contributed by atoms with E-state index in [1.165, 1.54) is 59.8 Å². The molecule has 230 valence electrons. The lowest BCUT2D eigenvalue weighted by Gasteiger charge is -2.38. The van der Waals surface area contributed by atoms with Crippen LogP contribution in [0.3, 0.4) is 0 Å². The SMILES string of the molecule is COc1ccc(S(=O)(=O)N(C)C[C@@H]2Oc3c(NC(=O)Nc4ccc(F)cc4)cccc3C(=O)N([C@@H](C)CO)C[C@@H]2C)cc1. The number of aliphatic hydroxyl groups excluding tert-OH is 1. The maximum absolute atomic E-state index is 13.7. The zero-order chi connectivity index (χ0) is 31.3. The van der Waals surface area contributed by atoms with Crippen molar-refractivity contribution in [1.82, 2.24) is 9.21 Å². The lowest BCUT2D eigenvalue weighted by atomic mass is 9.99. The maximum atomic E-state index is 13.7. The second-order valence-corrected chi connectivity index (χ2v) is 12.4. The van der Waals surface area contributed by atoms with Crippen molar-refractivity contribution in [2.45, 2.75) is 30.9 Å². The number of sulfonamides is 1. The standard InChI is InChI=1S/C30H35FN4O7S/c1-19-16-35(20(2)18-36)29(37)25-6-5-7-26(33-30(38)32-22-10-8-21(31)9-11-22)28(25)42-27(19)17-34(3)43(39,40)24-14-12-23(41-4)13-15-24/h5-15,19-20,27,36H,16-18H2,1-4H3,(H2,32,33,38)/t19-,20-,27-/m0/s1. The molecular weight excluding hydrogens is 579 g/mol. The molecule has 0 saturated carbocycles. The number of likely N-dealkylation sites (N-methyl/N-ethyl adjacent to an activating group) is 1. The predicted octanol–water partition coefficient (Wildman–Crippen LogP) is 4.02. The summed E-state index contributed by atoms with van der Waals surface area (Å²) in [7, 11) is -0.999. The predicted molar refractivity (Wildman–Crippen MR) is 159 cm³/mol. The van der Waals surface area contributed by atoms with E-state index in [9.17, 15) is 27.5 Å². The Morgan fingerprint density at radius 1 is 1.14 bits per heavy atom. The summed E-state index contributed by atoms with van der Waals surface area (Å²) in [5.41, 5.74) is 0.647. The van der Waals surface area contributed by atoms with E-state index >= 15 is 0 Å². The summed E-state index contributed by atoms with van der Waals surface area (Å²) in [5.74, 6) is -0.683. The minimum atomic E-state index is -3.93. The van der Waals surface area contributed by atoms with Gasteiger partial charge < -0.3 is 30.1 Å². The van der Waals surface area contributed by atoms with Crippen LogP contribution in [0, 0.1) is 11.7 Å². The van der Waals surface area contributed by atoms with Crippen LogP contribution in [-0.4, -0.2) is 80.7 Å². The molecule has 3 aromatic rings. The number of methoxy groups -OCH3 is 1. The van der Waals surface area contributed by atoms with Crippen LogP contribution in [-0.2, 0) is 10.0 Å². The second kappa shape index (κ2) is 13.4. The summed E-state index contributed by atoms with van der Waals surface area (Å²) in [6.45, 7) is 3.35. The zero-order valence-corrected chi connectivity index (χ0v) is 25.1. The Labute approximate surface area is 250 Å². The van der Waals surface area contributed by atoms with Gasteiger partial charge in [-0.25, -0.2) is 17.6 Å². The van der Waals surface area contributed by atoms with E-state index < -0.39 is 39.9 Å². The van der Waals surface area contributed by atoms with Crippen molar-refractivity contribution in [1.29, 1.82) is 0 Å². The normalized spacial score (nSPS) is 17.7. The summed E-state index contributed by atoms with van der Waals surface area (Å²) >= 11 is 0. The highest BCUT2D eigenvalue weighted by molar-refractivity contribution is 7.89. The van der Waals surface area contributed by atoms with Gasteiger partial charge in [0.15, 0.2) is 5.75 Å². The van der Waals surface area contributed by atoms with Crippen LogP contribution in [0.2, 0.25) is 0 Å². The molecule has 0 spiro atoms. The smallest absolute Gasteiger partial charge is 0.323 e. The molecule has 4 rings (SSSR count). The van der Waals surface area contributed by atoms with Crippen LogP contribution in [0.25, 0.3) is 0 Å². The topological polar surface area (TPSA) is 138 Å². The largest absolute Gasteiger partial charge is 0.497 e. The molecule has 0 saturated heterocycles. The molecule has 3 aromatic carbocycles. The number of carbonyl (C=O) groups excluding carboxylic acids is 2. The van der Waals surface area contributed by atoms with Crippen molar-refractivity contribution in [3.8, 4) is 11.5 Å². The van der Waals surface area contributed by atoms with Crippen LogP contribution in [0.5, 0.6) is 11.5 Å². The average molecular weight is 615 g/mol. The fraction of sp³-hybridized carbons (Fsp3) is 0.333. The number of nitrogens with one attached hydrogen (secondary N) is 2. The van der Waals surface area contributed by atoms with Crippen molar-refractivity contribution in [2.24, 2.45) is 5.92 Å². The summed E-state index contributed by atoms with van der Waals surface area (Å²) in [6, 6.07) is 14.7. The Bertz CT molecular complexity index is 1550. The van der Waals surface area contributed by atoms with Crippen LogP contribution < -0.4 is 20.1 Å². The first-order valence-electron chi connectivity index (χ1n) is 13.6. The summed E-state index contributed by atoms with van der Waals surface area (Å²) in [6.07, 6.45) is -0.763. The number of rotatable bonds is 9. The molecule has 43 heavy (non-hydrogen) atoms. The quantitative estimate of drug-likeness (QED) is 0.331. The molecule has 3 atom stereocenters. The molecule has 13 heteroatoms. The monoisotopic (exact) mass is 614 g/mol. The van der Waals surface area contributed by atoms with Crippen molar-refractivity contribution in [3.63, 3.8) is 0 Å². The summed E-state index contributed by atoms with van der Waals surface area (Å²) in [4.78, 5) is 28.1. The number of benzene rings is 3. The molecule has 3 N–H and O–H groups in total. The number of hydrogen-bond donors (Lipinski definition) is 3. The molecule has 0 radical (unpaired) electrons. The summed E-state index contributed by atoms with van der Waals surface area (Å²) < 4.78 is 52.9. The number of hydrogen-bond acceptors (Lipinski definition) is 7. The highest BCUT2D eigenvalue weighted by atomic mass is 32.2. The molecule has 1 aliphatic rings. The van der Waals surface area contributed by atoms with Gasteiger partial charge in [-0.3, -0.25) is 4.79 Å². The zero-order valence-electron chi connectivity index (χ0n) is 24.3. The first-order chi connectivity index (χ1) is 20.4. The molecule has 0 aliphatic carbocycles. The van der Waals surface area contributed by atoms with Crippen molar-refractivity contribution >= 4 is 33.3 Å². The van der Waals surface area contributed by atoms with Crippen molar-refractivity contribution in [2.75, 3.05) is 44.5 Å². The number of amides is 3. The van der Waals surface area contributed by atoms with E-state index in [1.807, 2.05) is 6.92 Å². The van der Waals surface area contributed by atoms with Crippen LogP contribution in [0.1, 0.15) is 24.2 Å². The van der Waals surface area contributed by atoms with Gasteiger partial charge in [-0.2, -0.15) is 4.31 Å². The van der Waals surface area contributed by atoms with E-state index in [4.69, 9.17) is 9.47 Å². The highest BCUT2D eigenvalue weighted by Crippen LogP contribution is 2.35. The van der Waals surface area contributed by atoms with Gasteiger partial charge in [0.1, 0.15) is 17.7 Å². The van der Waals surface area contributed by atoms with Crippen LogP contribution in [0.4, 0.5) is 20.6 Å². The Morgan fingerprint density at radius 3 is 2.44 bits per heavy atom. The molecule has 0 bridgehead atoms. The van der Waals surface area contributed by atoms with Gasteiger partial charge in [0.25, 0.3) is 5.91 Å². The fourth-order valence-corrected chi connectivity index (χ4v) is 5.84. The van der Waals surface area contributed by atoms with Crippen molar-refractivity contribution < 1.29 is 37.0 Å². The van der Waals surface area contributed by atoms with Gasteiger partial charge in [-0.05, 0) is 67.6 Å². The fourth-order valence-electron chi connectivity index (χ4n) is 4.66. The number of aliphatic hydroxyl groups is 1. The van der Waals surface area contributed by atoms with Crippen molar-refractivity contribution in [3.05, 3.63) is 78.1 Å². The number of anilines is 2. The lowest BCUT2D eigenvalue weighted by Crippen LogP contribution is -2.50. The van der Waals surface area contributed by atoms with Gasteiger partial charge in [0.05, 0.1) is 42.4 Å². The third-order valence-corrected chi connectivity index (χ3v) is 9.08. The number of carbonyl (C=O) groups is 2. The van der Waals surface area contributed by atoms with Gasteiger partial charge in [0.2, 0.25) is 10.0 Å². The molecule has 0 aromatic heterocycles. The van der Waals surface area contributed by atoms with E-state index in [0.29, 0.717) is 11.4 Å². The third-order valence-electron chi connectivity index (χ3n) is 7.25. The van der Waals surface area contributed by atoms with Gasteiger partial charge >= 0.3 is 6.03 Å². The first-order valence-corrected chi connectivity index (χ1v) is 15.0. The molecule has 1 heterocycles. The molecule has 0 unspecified atom stereocenters. The number of urea groups is 1. The second-order valence-electron chi connectivity index (χ2n) is 10.4. The van der Waals surface area contributed by atoms with Gasteiger partial charge in [0, 0.05) is 25.2 Å². The number of halogens is 1. The van der Waals surface area contributed by atoms with E-state index in [0.717, 1.165) is 0 Å². The Kier molecular flexibility index (Phi) is 9.89.